The van der Waals surface area contributed by atoms with Gasteiger partial charge in [0.2, 0.25) is 0 Å². The van der Waals surface area contributed by atoms with Gasteiger partial charge in [-0.05, 0) is 135 Å². The summed E-state index contributed by atoms with van der Waals surface area (Å²) in [7, 11) is 5.98. The van der Waals surface area contributed by atoms with E-state index in [-0.39, 0.29) is 32.2 Å². The van der Waals surface area contributed by atoms with E-state index in [1.54, 1.807) is 0 Å². The number of carbonyl (C=O) groups excluding carboxylic acids is 2. The van der Waals surface area contributed by atoms with Gasteiger partial charge >= 0.3 is 17.9 Å². The van der Waals surface area contributed by atoms with Crippen LogP contribution in [0.3, 0.4) is 0 Å². The minimum absolute atomic E-state index is 0.179. The quantitative estimate of drug-likeness (QED) is 0.0211. The molecule has 0 aromatic carbocycles. The van der Waals surface area contributed by atoms with Gasteiger partial charge in [-0.15, -0.1) is 0 Å². The number of carboxylic acid groups (broad SMARTS) is 1. The van der Waals surface area contributed by atoms with Crippen LogP contribution in [0, 0.1) is 0 Å². The Morgan fingerprint density at radius 3 is 0.810 bits per heavy atom. The van der Waals surface area contributed by atoms with Crippen molar-refractivity contribution in [2.75, 3.05) is 47.5 Å². The molecule has 0 aromatic heterocycles. The van der Waals surface area contributed by atoms with E-state index in [2.05, 4.69) is 184 Å². The van der Waals surface area contributed by atoms with E-state index in [4.69, 9.17) is 18.9 Å². The van der Waals surface area contributed by atoms with E-state index < -0.39 is 24.3 Å². The molecule has 0 aromatic rings. The fourth-order valence-electron chi connectivity index (χ4n) is 11.9. The Kier molecular flexibility index (Phi) is 80.0. The zero-order valence-corrected chi connectivity index (χ0v) is 68.6. The molecule has 1 N–H and O–H groups in total. The molecule has 2 unspecified atom stereocenters. The molecule has 0 aliphatic carbocycles. The Morgan fingerprint density at radius 2 is 0.543 bits per heavy atom. The number of rotatable bonds is 79. The first kappa shape index (κ1) is 99.7. The van der Waals surface area contributed by atoms with Crippen LogP contribution in [0.15, 0.2) is 170 Å². The summed E-state index contributed by atoms with van der Waals surface area (Å²) in [5.74, 6) is -2.02. The molecule has 0 aliphatic rings. The minimum Gasteiger partial charge on any atom is -0.477 e. The average Bonchev–Trinajstić information content (AvgIpc) is 1.18. The highest BCUT2D eigenvalue weighted by molar-refractivity contribution is 5.71. The molecule has 0 saturated heterocycles. The molecule has 0 spiro atoms. The summed E-state index contributed by atoms with van der Waals surface area (Å²) in [6, 6.07) is 0. The zero-order valence-electron chi connectivity index (χ0n) is 68.6. The van der Waals surface area contributed by atoms with Gasteiger partial charge in [0.25, 0.3) is 6.29 Å². The molecule has 0 heterocycles. The van der Waals surface area contributed by atoms with Crippen molar-refractivity contribution in [3.63, 3.8) is 0 Å². The number of aliphatic carboxylic acids is 1. The molecule has 9 heteroatoms. The lowest BCUT2D eigenvalue weighted by Crippen LogP contribution is -2.40. The predicted molar refractivity (Wildman–Crippen MR) is 456 cm³/mol. The summed E-state index contributed by atoms with van der Waals surface area (Å²) < 4.78 is 23.1. The van der Waals surface area contributed by atoms with E-state index in [0.29, 0.717) is 23.9 Å². The fraction of sp³-hybridized carbons (Fsp3) is 0.677. The van der Waals surface area contributed by atoms with Crippen molar-refractivity contribution in [2.45, 2.75) is 373 Å². The van der Waals surface area contributed by atoms with Crippen molar-refractivity contribution >= 4 is 17.9 Å². The highest BCUT2D eigenvalue weighted by Crippen LogP contribution is 2.18. The van der Waals surface area contributed by atoms with Crippen LogP contribution in [-0.2, 0) is 33.3 Å². The number of likely N-dealkylation sites (N-methyl/N-ethyl adjacent to an activating group) is 1. The van der Waals surface area contributed by atoms with Crippen LogP contribution in [0.25, 0.3) is 0 Å². The first-order valence-electron chi connectivity index (χ1n) is 43.3. The number of quaternary nitrogens is 1. The standard InChI is InChI=1S/C96H161NO8/c1-6-8-10-12-14-16-18-20-22-24-26-28-30-32-34-36-38-40-42-44-46-47-49-51-53-55-57-59-61-63-65-67-69-71-73-75-77-79-81-83-85-87-94(99)105-92(91-104-96(95(100)101)102-89-88-97(3,4)5)90-103-93(98)86-84-82-80-78-76-74-72-70-68-66-64-62-60-58-56-54-52-50-48-45-43-41-39-37-35-33-31-29-27-25-23-21-19-17-15-13-11-9-7-2/h8,10,14,16,19-22,25-28,31-34,38,40,44,46,49,51,55,57,61,63,67,69,92,96H,6-7,9,11-13,15,17-18,23-24,29-30,35-37,39,41-43,45,47-48,50,52-54,56,58-60,62,64-66,68,70-91H2,1-5H3/p+1/b10-8-,16-14-,21-19-,22-20-,27-25-,28-26-,33-31-,34-32-,40-38-,46-44-,51-49-,57-55-,63-61-,69-67-. The summed E-state index contributed by atoms with van der Waals surface area (Å²) in [4.78, 5) is 37.8. The highest BCUT2D eigenvalue weighted by atomic mass is 16.7. The third kappa shape index (κ3) is 85.8. The van der Waals surface area contributed by atoms with Crippen molar-refractivity contribution in [1.82, 2.24) is 0 Å². The number of hydrogen-bond acceptors (Lipinski definition) is 7. The Balaban J connectivity index is 4.06. The summed E-state index contributed by atoms with van der Waals surface area (Å²) in [6.45, 7) is 4.76. The smallest absolute Gasteiger partial charge is 0.361 e. The first-order valence-corrected chi connectivity index (χ1v) is 43.3. The Labute approximate surface area is 647 Å². The number of carboxylic acids is 1. The lowest BCUT2D eigenvalue weighted by Gasteiger charge is -2.25. The molecule has 0 bridgehead atoms. The topological polar surface area (TPSA) is 108 Å². The maximum absolute atomic E-state index is 13.0. The number of esters is 2. The third-order valence-electron chi connectivity index (χ3n) is 18.5. The molecule has 9 nitrogen and oxygen atoms in total. The number of allylic oxidation sites excluding steroid dienone is 28. The van der Waals surface area contributed by atoms with Crippen molar-refractivity contribution in [3.05, 3.63) is 170 Å². The molecule has 0 aliphatic heterocycles. The molecule has 0 amide bonds. The summed E-state index contributed by atoms with van der Waals surface area (Å²) in [5.41, 5.74) is 0. The minimum atomic E-state index is -1.52. The third-order valence-corrected chi connectivity index (χ3v) is 18.5. The summed E-state index contributed by atoms with van der Waals surface area (Å²) in [6.07, 6.45) is 124. The van der Waals surface area contributed by atoms with Gasteiger partial charge in [-0.1, -0.05) is 383 Å². The van der Waals surface area contributed by atoms with Crippen LogP contribution >= 0.6 is 0 Å². The van der Waals surface area contributed by atoms with Gasteiger partial charge in [0.05, 0.1) is 34.4 Å². The molecular weight excluding hydrogens is 1300 g/mol. The second-order valence-corrected chi connectivity index (χ2v) is 29.8. The maximum atomic E-state index is 13.0. The van der Waals surface area contributed by atoms with Gasteiger partial charge in [-0.2, -0.15) is 0 Å². The fourth-order valence-corrected chi connectivity index (χ4v) is 11.9. The zero-order chi connectivity index (χ0) is 76.0. The Morgan fingerprint density at radius 1 is 0.295 bits per heavy atom. The van der Waals surface area contributed by atoms with Crippen LogP contribution in [0.4, 0.5) is 0 Å². The number of hydrogen-bond donors (Lipinski definition) is 1. The van der Waals surface area contributed by atoms with Gasteiger partial charge in [-0.3, -0.25) is 9.59 Å². The maximum Gasteiger partial charge on any atom is 0.361 e. The van der Waals surface area contributed by atoms with Crippen LogP contribution in [-0.4, -0.2) is 87.4 Å². The van der Waals surface area contributed by atoms with Gasteiger partial charge in [-0.25, -0.2) is 4.79 Å². The van der Waals surface area contributed by atoms with Gasteiger partial charge in [0.15, 0.2) is 6.10 Å². The molecule has 598 valence electrons. The van der Waals surface area contributed by atoms with Gasteiger partial charge in [0, 0.05) is 12.8 Å². The second-order valence-electron chi connectivity index (χ2n) is 29.8. The van der Waals surface area contributed by atoms with E-state index in [0.717, 1.165) is 128 Å². The number of nitrogens with zero attached hydrogens (tertiary/aromatic N) is 1. The Hall–Kier alpha value is -5.35. The van der Waals surface area contributed by atoms with Gasteiger partial charge < -0.3 is 28.5 Å². The van der Waals surface area contributed by atoms with Crippen LogP contribution in [0.2, 0.25) is 0 Å². The largest absolute Gasteiger partial charge is 0.477 e. The lowest BCUT2D eigenvalue weighted by atomic mass is 10.0. The summed E-state index contributed by atoms with van der Waals surface area (Å²) >= 11 is 0. The van der Waals surface area contributed by atoms with Crippen LogP contribution in [0.5, 0.6) is 0 Å². The van der Waals surface area contributed by atoms with Crippen LogP contribution in [0.1, 0.15) is 361 Å². The molecular formula is C96H162NO8+. The number of carbonyl (C=O) groups is 3. The first-order chi connectivity index (χ1) is 51.6. The molecule has 105 heavy (non-hydrogen) atoms. The molecule has 0 rings (SSSR count). The monoisotopic (exact) mass is 1460 g/mol. The molecule has 0 saturated carbocycles. The SMILES string of the molecule is CC/C=C\C/C=C\C/C=C\C/C=C\C/C=C\C/C=C\C/C=C\C/C=C\C/C=C\C/C=C\C/C=C\CCCCCCCCCC(=O)OC(COC(=O)CCCCCCCCCCCCCCCCCCCCCCCCCC/C=C\C/C=C\C/C=C\CCCCCCC)COC(OCC[N+](C)(C)C)C(=O)O. The molecule has 0 radical (unpaired) electrons. The highest BCUT2D eigenvalue weighted by Gasteiger charge is 2.25. The normalized spacial score (nSPS) is 13.5. The van der Waals surface area contributed by atoms with Crippen LogP contribution < -0.4 is 0 Å². The van der Waals surface area contributed by atoms with E-state index in [9.17, 15) is 19.5 Å². The molecule has 0 fully saturated rings. The Bertz CT molecular complexity index is 2350. The number of unbranched alkanes of at least 4 members (excludes halogenated alkanes) is 36. The predicted octanol–water partition coefficient (Wildman–Crippen LogP) is 28.5. The van der Waals surface area contributed by atoms with E-state index >= 15 is 0 Å². The second kappa shape index (κ2) is 84.3. The van der Waals surface area contributed by atoms with Gasteiger partial charge in [0.1, 0.15) is 13.2 Å². The van der Waals surface area contributed by atoms with E-state index in [1.807, 2.05) is 21.1 Å². The molecule has 2 atom stereocenters. The average molecular weight is 1460 g/mol. The van der Waals surface area contributed by atoms with E-state index in [1.165, 1.54) is 199 Å². The van der Waals surface area contributed by atoms with Crippen molar-refractivity contribution < 1.29 is 42.9 Å². The van der Waals surface area contributed by atoms with Crippen molar-refractivity contribution in [1.29, 1.82) is 0 Å². The summed E-state index contributed by atoms with van der Waals surface area (Å²) in [5, 5.41) is 9.79. The van der Waals surface area contributed by atoms with Crippen molar-refractivity contribution in [3.8, 4) is 0 Å². The number of ether oxygens (including phenoxy) is 4. The lowest BCUT2D eigenvalue weighted by molar-refractivity contribution is -0.870. The van der Waals surface area contributed by atoms with Crippen molar-refractivity contribution in [2.24, 2.45) is 0 Å².